The Kier molecular flexibility index (Phi) is 3.56. The van der Waals surface area contributed by atoms with Gasteiger partial charge in [0.25, 0.3) is 0 Å². The van der Waals surface area contributed by atoms with Crippen LogP contribution >= 0.6 is 23.2 Å². The molecule has 1 N–H and O–H groups in total. The molecule has 46 valence electrons. The van der Waals surface area contributed by atoms with Gasteiger partial charge in [0.1, 0.15) is 0 Å². The summed E-state index contributed by atoms with van der Waals surface area (Å²) in [5, 5.41) is 9.73. The average molecular weight is 156 g/mol. The maximum absolute atomic E-state index is 10.2. The van der Waals surface area contributed by atoms with Gasteiger partial charge in [0.2, 0.25) is 11.0 Å². The second-order valence-corrected chi connectivity index (χ2v) is 1.57. The van der Waals surface area contributed by atoms with Crippen molar-refractivity contribution < 1.29 is 10.0 Å². The molecular formula is C3H3Cl2NO2. The molecule has 0 rings (SSSR count). The van der Waals surface area contributed by atoms with Crippen molar-refractivity contribution >= 4 is 34.2 Å². The Morgan fingerprint density at radius 3 is 2.38 bits per heavy atom. The third-order valence-corrected chi connectivity index (χ3v) is 0.968. The van der Waals surface area contributed by atoms with Crippen LogP contribution in [0.4, 0.5) is 0 Å². The van der Waals surface area contributed by atoms with Gasteiger partial charge >= 0.3 is 0 Å². The van der Waals surface area contributed by atoms with E-state index in [0.717, 1.165) is 0 Å². The number of hydrogen-bond acceptors (Lipinski definition) is 3. The second-order valence-electron chi connectivity index (χ2n) is 0.948. The zero-order valence-electron chi connectivity index (χ0n) is 3.77. The average Bonchev–Trinajstić information content (AvgIpc) is 1.84. The van der Waals surface area contributed by atoms with Crippen molar-refractivity contribution in [1.29, 1.82) is 0 Å². The Hall–Kier alpha value is -0.280. The number of alkyl halides is 1. The van der Waals surface area contributed by atoms with Gasteiger partial charge in [0.15, 0.2) is 0 Å². The number of hydrogen-bond donors (Lipinski definition) is 1. The molecule has 0 heterocycles. The van der Waals surface area contributed by atoms with Crippen molar-refractivity contribution in [2.24, 2.45) is 5.16 Å². The summed E-state index contributed by atoms with van der Waals surface area (Å²) in [6, 6.07) is 0. The van der Waals surface area contributed by atoms with Crippen LogP contribution in [0.3, 0.4) is 0 Å². The maximum atomic E-state index is 10.2. The third kappa shape index (κ3) is 2.14. The monoisotopic (exact) mass is 155 g/mol. The number of halogens is 2. The predicted octanol–water partition coefficient (Wildman–Crippen LogP) is 0.821. The lowest BCUT2D eigenvalue weighted by Gasteiger charge is -1.84. The molecule has 5 heteroatoms. The van der Waals surface area contributed by atoms with E-state index in [1.54, 1.807) is 0 Å². The molecule has 0 aromatic rings. The predicted molar refractivity (Wildman–Crippen MR) is 30.8 cm³/mol. The highest BCUT2D eigenvalue weighted by Crippen LogP contribution is 1.88. The van der Waals surface area contributed by atoms with Gasteiger partial charge in [-0.25, -0.2) is 0 Å². The van der Waals surface area contributed by atoms with E-state index in [2.05, 4.69) is 5.16 Å². The van der Waals surface area contributed by atoms with Crippen LogP contribution in [0.25, 0.3) is 0 Å². The lowest BCUT2D eigenvalue weighted by Crippen LogP contribution is -2.07. The SMILES string of the molecule is O=C(CCl)/C(Cl)=N\O. The molecule has 0 bridgehead atoms. The summed E-state index contributed by atoms with van der Waals surface area (Å²) in [5.41, 5.74) is 0. The van der Waals surface area contributed by atoms with Gasteiger partial charge in [-0.2, -0.15) is 0 Å². The Morgan fingerprint density at radius 1 is 1.75 bits per heavy atom. The van der Waals surface area contributed by atoms with E-state index >= 15 is 0 Å². The molecule has 0 unspecified atom stereocenters. The molecule has 3 nitrogen and oxygen atoms in total. The lowest BCUT2D eigenvalue weighted by molar-refractivity contribution is -0.110. The highest BCUT2D eigenvalue weighted by atomic mass is 35.5. The lowest BCUT2D eigenvalue weighted by atomic mass is 10.5. The number of oxime groups is 1. The molecule has 0 aliphatic carbocycles. The van der Waals surface area contributed by atoms with Gasteiger partial charge in [-0.05, 0) is 0 Å². The Labute approximate surface area is 55.9 Å². The van der Waals surface area contributed by atoms with Crippen molar-refractivity contribution in [2.45, 2.75) is 0 Å². The molecule has 0 aliphatic heterocycles. The molecule has 0 amide bonds. The van der Waals surface area contributed by atoms with Gasteiger partial charge in [0.05, 0.1) is 5.88 Å². The van der Waals surface area contributed by atoms with Crippen LogP contribution in [-0.4, -0.2) is 22.0 Å². The fourth-order valence-corrected chi connectivity index (χ4v) is 0.373. The van der Waals surface area contributed by atoms with Crippen molar-refractivity contribution in [2.75, 3.05) is 5.88 Å². The molecule has 0 spiro atoms. The first-order valence-corrected chi connectivity index (χ1v) is 2.60. The number of rotatable bonds is 2. The topological polar surface area (TPSA) is 49.7 Å². The van der Waals surface area contributed by atoms with E-state index in [1.807, 2.05) is 0 Å². The summed E-state index contributed by atoms with van der Waals surface area (Å²) in [6.07, 6.45) is 0. The zero-order valence-corrected chi connectivity index (χ0v) is 5.28. The van der Waals surface area contributed by atoms with Crippen molar-refractivity contribution in [1.82, 2.24) is 0 Å². The van der Waals surface area contributed by atoms with E-state index in [4.69, 9.17) is 28.4 Å². The van der Waals surface area contributed by atoms with Gasteiger partial charge in [0, 0.05) is 0 Å². The minimum atomic E-state index is -0.587. The molecule has 0 aromatic heterocycles. The number of nitrogens with zero attached hydrogens (tertiary/aromatic N) is 1. The molecule has 0 atom stereocenters. The summed E-state index contributed by atoms with van der Waals surface area (Å²) >= 11 is 9.98. The first kappa shape index (κ1) is 7.72. The van der Waals surface area contributed by atoms with Crippen LogP contribution in [0.15, 0.2) is 5.16 Å². The fraction of sp³-hybridized carbons (Fsp3) is 0.333. The highest BCUT2D eigenvalue weighted by Gasteiger charge is 2.04. The summed E-state index contributed by atoms with van der Waals surface area (Å²) in [4.78, 5) is 10.2. The van der Waals surface area contributed by atoms with E-state index in [1.165, 1.54) is 0 Å². The van der Waals surface area contributed by atoms with Gasteiger partial charge in [-0.3, -0.25) is 4.79 Å². The van der Waals surface area contributed by atoms with Crippen LogP contribution in [-0.2, 0) is 4.79 Å². The van der Waals surface area contributed by atoms with Crippen molar-refractivity contribution in [3.63, 3.8) is 0 Å². The zero-order chi connectivity index (χ0) is 6.57. The van der Waals surface area contributed by atoms with Crippen LogP contribution in [0.1, 0.15) is 0 Å². The van der Waals surface area contributed by atoms with Gasteiger partial charge in [-0.15, -0.1) is 11.6 Å². The summed E-state index contributed by atoms with van der Waals surface area (Å²) in [5.74, 6) is -0.848. The molecular weight excluding hydrogens is 153 g/mol. The molecule has 0 aromatic carbocycles. The molecule has 0 saturated heterocycles. The first-order valence-electron chi connectivity index (χ1n) is 1.69. The van der Waals surface area contributed by atoms with Gasteiger partial charge in [-0.1, -0.05) is 16.8 Å². The highest BCUT2D eigenvalue weighted by molar-refractivity contribution is 6.84. The molecule has 0 radical (unpaired) electrons. The van der Waals surface area contributed by atoms with Crippen LogP contribution in [0.2, 0.25) is 0 Å². The van der Waals surface area contributed by atoms with Crippen molar-refractivity contribution in [3.05, 3.63) is 0 Å². The first-order chi connectivity index (χ1) is 3.72. The normalized spacial score (nSPS) is 11.5. The third-order valence-electron chi connectivity index (χ3n) is 0.439. The summed E-state index contributed by atoms with van der Waals surface area (Å²) < 4.78 is 0. The standard InChI is InChI=1S/C3H3Cl2NO2/c4-1-2(7)3(5)6-8/h8H,1H2/b6-3+. The fourth-order valence-electron chi connectivity index (χ4n) is 0.111. The number of ketones is 1. The van der Waals surface area contributed by atoms with E-state index in [0.29, 0.717) is 0 Å². The Bertz CT molecular complexity index is 122. The van der Waals surface area contributed by atoms with E-state index < -0.39 is 11.0 Å². The molecule has 8 heavy (non-hydrogen) atoms. The molecule has 0 fully saturated rings. The number of carbonyl (C=O) groups is 1. The molecule has 0 saturated carbocycles. The molecule has 0 aliphatic rings. The summed E-state index contributed by atoms with van der Waals surface area (Å²) in [7, 11) is 0. The smallest absolute Gasteiger partial charge is 0.212 e. The van der Waals surface area contributed by atoms with Crippen LogP contribution in [0.5, 0.6) is 0 Å². The maximum Gasteiger partial charge on any atom is 0.212 e. The van der Waals surface area contributed by atoms with Gasteiger partial charge < -0.3 is 5.21 Å². The van der Waals surface area contributed by atoms with Crippen LogP contribution < -0.4 is 0 Å². The minimum absolute atomic E-state index is 0.261. The number of carbonyl (C=O) groups excluding carboxylic acids is 1. The van der Waals surface area contributed by atoms with Crippen molar-refractivity contribution in [3.8, 4) is 0 Å². The quantitative estimate of drug-likeness (QED) is 0.278. The Balaban J connectivity index is 3.83. The minimum Gasteiger partial charge on any atom is -0.410 e. The van der Waals surface area contributed by atoms with E-state index in [-0.39, 0.29) is 5.88 Å². The summed E-state index contributed by atoms with van der Waals surface area (Å²) in [6.45, 7) is 0. The van der Waals surface area contributed by atoms with Crippen LogP contribution in [0, 0.1) is 0 Å². The number of Topliss-reactive ketones (excluding diaryl/α,β-unsaturated/α-hetero) is 1. The Morgan fingerprint density at radius 2 is 2.25 bits per heavy atom. The van der Waals surface area contributed by atoms with E-state index in [9.17, 15) is 4.79 Å². The second kappa shape index (κ2) is 3.69. The largest absolute Gasteiger partial charge is 0.410 e.